The van der Waals surface area contributed by atoms with Crippen molar-refractivity contribution in [3.05, 3.63) is 34.9 Å². The third-order valence-corrected chi connectivity index (χ3v) is 3.53. The molecular formula is C15H22ClN3O2. The molecule has 0 aromatic heterocycles. The number of benzene rings is 1. The molecule has 1 N–H and O–H groups in total. The fourth-order valence-electron chi connectivity index (χ4n) is 1.87. The minimum absolute atomic E-state index is 0.0899. The molecule has 1 aromatic carbocycles. The molecule has 1 unspecified atom stereocenters. The van der Waals surface area contributed by atoms with Gasteiger partial charge in [-0.05, 0) is 25.7 Å². The average Bonchev–Trinajstić information content (AvgIpc) is 2.42. The Morgan fingerprint density at radius 2 is 1.81 bits per heavy atom. The van der Waals surface area contributed by atoms with E-state index in [0.29, 0.717) is 11.6 Å². The quantitative estimate of drug-likeness (QED) is 0.863. The fourth-order valence-corrected chi connectivity index (χ4v) is 2.07. The summed E-state index contributed by atoms with van der Waals surface area (Å²) < 4.78 is 0. The van der Waals surface area contributed by atoms with Crippen molar-refractivity contribution in [1.29, 1.82) is 0 Å². The maximum absolute atomic E-state index is 12.0. The van der Waals surface area contributed by atoms with Crippen molar-refractivity contribution in [2.24, 2.45) is 0 Å². The molecule has 0 aliphatic carbocycles. The third-order valence-electron chi connectivity index (χ3n) is 3.16. The van der Waals surface area contributed by atoms with Crippen LogP contribution in [0.3, 0.4) is 0 Å². The Bertz CT molecular complexity index is 503. The molecule has 1 aromatic rings. The Balaban J connectivity index is 2.59. The number of carbonyl (C=O) groups is 2. The maximum atomic E-state index is 12.0. The lowest BCUT2D eigenvalue weighted by Crippen LogP contribution is -2.45. The van der Waals surface area contributed by atoms with Gasteiger partial charge in [0.2, 0.25) is 11.8 Å². The molecule has 0 saturated heterocycles. The number of nitrogens with zero attached hydrogens (tertiary/aromatic N) is 2. The van der Waals surface area contributed by atoms with E-state index in [0.717, 1.165) is 5.56 Å². The van der Waals surface area contributed by atoms with E-state index in [2.05, 4.69) is 5.32 Å². The largest absolute Gasteiger partial charge is 0.352 e. The number of likely N-dealkylation sites (N-methyl/N-ethyl adjacent to an activating group) is 2. The van der Waals surface area contributed by atoms with Gasteiger partial charge in [0.1, 0.15) is 0 Å². The molecule has 0 radical (unpaired) electrons. The Kier molecular flexibility index (Phi) is 6.65. The molecule has 0 fully saturated rings. The van der Waals surface area contributed by atoms with Gasteiger partial charge in [0.25, 0.3) is 0 Å². The molecule has 6 heteroatoms. The number of hydrogen-bond acceptors (Lipinski definition) is 3. The van der Waals surface area contributed by atoms with E-state index >= 15 is 0 Å². The lowest BCUT2D eigenvalue weighted by atomic mass is 10.1. The van der Waals surface area contributed by atoms with Crippen LogP contribution in [0.5, 0.6) is 0 Å². The summed E-state index contributed by atoms with van der Waals surface area (Å²) in [5.74, 6) is -0.267. The van der Waals surface area contributed by atoms with Crippen LogP contribution < -0.4 is 5.32 Å². The molecule has 116 valence electrons. The summed E-state index contributed by atoms with van der Waals surface area (Å²) in [5.41, 5.74) is 0.854. The highest BCUT2D eigenvalue weighted by Crippen LogP contribution is 2.14. The number of rotatable bonds is 6. The van der Waals surface area contributed by atoms with Gasteiger partial charge in [-0.25, -0.2) is 0 Å². The van der Waals surface area contributed by atoms with Crippen LogP contribution in [0.2, 0.25) is 5.02 Å². The maximum Gasteiger partial charge on any atom is 0.239 e. The zero-order valence-electron chi connectivity index (χ0n) is 12.9. The highest BCUT2D eigenvalue weighted by atomic mass is 35.5. The van der Waals surface area contributed by atoms with Gasteiger partial charge >= 0.3 is 0 Å². The number of halogens is 1. The monoisotopic (exact) mass is 311 g/mol. The van der Waals surface area contributed by atoms with Gasteiger partial charge in [0, 0.05) is 25.7 Å². The van der Waals surface area contributed by atoms with Crippen LogP contribution in [0.25, 0.3) is 0 Å². The highest BCUT2D eigenvalue weighted by molar-refractivity contribution is 6.31. The lowest BCUT2D eigenvalue weighted by molar-refractivity contribution is -0.136. The number of amides is 2. The summed E-state index contributed by atoms with van der Waals surface area (Å²) in [4.78, 5) is 27.3. The summed E-state index contributed by atoms with van der Waals surface area (Å²) in [6.45, 7) is 0.356. The second-order valence-electron chi connectivity index (χ2n) is 5.28. The van der Waals surface area contributed by atoms with Gasteiger partial charge in [0.05, 0.1) is 12.5 Å². The first-order valence-electron chi connectivity index (χ1n) is 6.70. The molecule has 1 rings (SSSR count). The van der Waals surface area contributed by atoms with Crippen LogP contribution in [0, 0.1) is 0 Å². The van der Waals surface area contributed by atoms with Gasteiger partial charge in [-0.2, -0.15) is 0 Å². The van der Waals surface area contributed by atoms with Crippen molar-refractivity contribution in [1.82, 2.24) is 15.1 Å². The topological polar surface area (TPSA) is 52.7 Å². The van der Waals surface area contributed by atoms with Crippen molar-refractivity contribution >= 4 is 23.4 Å². The Morgan fingerprint density at radius 3 is 2.33 bits per heavy atom. The number of nitrogens with one attached hydrogen (secondary N) is 1. The molecule has 21 heavy (non-hydrogen) atoms. The first-order chi connectivity index (χ1) is 9.82. The molecule has 0 saturated carbocycles. The summed E-state index contributed by atoms with van der Waals surface area (Å²) in [6, 6.07) is 6.88. The van der Waals surface area contributed by atoms with E-state index in [4.69, 9.17) is 11.6 Å². The lowest BCUT2D eigenvalue weighted by Gasteiger charge is -2.25. The summed E-state index contributed by atoms with van der Waals surface area (Å²) in [5, 5.41) is 3.42. The van der Waals surface area contributed by atoms with Gasteiger partial charge in [-0.15, -0.1) is 0 Å². The van der Waals surface area contributed by atoms with E-state index in [1.165, 1.54) is 4.90 Å². The van der Waals surface area contributed by atoms with Gasteiger partial charge in [-0.1, -0.05) is 29.8 Å². The van der Waals surface area contributed by atoms with Crippen molar-refractivity contribution < 1.29 is 9.59 Å². The van der Waals surface area contributed by atoms with Gasteiger partial charge in [-0.3, -0.25) is 14.5 Å². The first-order valence-corrected chi connectivity index (χ1v) is 7.08. The summed E-state index contributed by atoms with van der Waals surface area (Å²) >= 11 is 6.04. The molecule has 0 aliphatic heterocycles. The van der Waals surface area contributed by atoms with E-state index in [1.54, 1.807) is 39.2 Å². The van der Waals surface area contributed by atoms with Crippen LogP contribution in [0.4, 0.5) is 0 Å². The van der Waals surface area contributed by atoms with Crippen molar-refractivity contribution in [3.63, 3.8) is 0 Å². The molecular weight excluding hydrogens is 290 g/mol. The molecule has 0 bridgehead atoms. The van der Waals surface area contributed by atoms with E-state index in [9.17, 15) is 9.59 Å². The van der Waals surface area contributed by atoms with E-state index in [-0.39, 0.29) is 18.2 Å². The minimum atomic E-state index is -0.466. The summed E-state index contributed by atoms with van der Waals surface area (Å²) in [6.07, 6.45) is 0.120. The van der Waals surface area contributed by atoms with Crippen molar-refractivity contribution in [2.45, 2.75) is 19.0 Å². The molecule has 2 amide bonds. The van der Waals surface area contributed by atoms with Gasteiger partial charge in [0.15, 0.2) is 0 Å². The van der Waals surface area contributed by atoms with Crippen molar-refractivity contribution in [2.75, 3.05) is 28.2 Å². The standard InChI is InChI=1S/C15H22ClN3O2/c1-18(2)13(15(21)19(3)4)9-14(20)17-10-11-7-5-6-8-12(11)16/h5-8,13H,9-10H2,1-4H3,(H,17,20). The van der Waals surface area contributed by atoms with Gasteiger partial charge < -0.3 is 10.2 Å². The smallest absolute Gasteiger partial charge is 0.239 e. The minimum Gasteiger partial charge on any atom is -0.352 e. The highest BCUT2D eigenvalue weighted by Gasteiger charge is 2.25. The first kappa shape index (κ1) is 17.5. The Labute approximate surface area is 130 Å². The third kappa shape index (κ3) is 5.36. The van der Waals surface area contributed by atoms with Crippen LogP contribution in [-0.2, 0) is 16.1 Å². The Morgan fingerprint density at radius 1 is 1.19 bits per heavy atom. The normalized spacial score (nSPS) is 12.1. The van der Waals surface area contributed by atoms with Crippen LogP contribution in [0.15, 0.2) is 24.3 Å². The number of hydrogen-bond donors (Lipinski definition) is 1. The second-order valence-corrected chi connectivity index (χ2v) is 5.69. The predicted molar refractivity (Wildman–Crippen MR) is 84.1 cm³/mol. The van der Waals surface area contributed by atoms with Crippen molar-refractivity contribution in [3.8, 4) is 0 Å². The summed E-state index contributed by atoms with van der Waals surface area (Å²) in [7, 11) is 6.93. The number of carbonyl (C=O) groups excluding carboxylic acids is 2. The van der Waals surface area contributed by atoms with Crippen LogP contribution in [-0.4, -0.2) is 55.8 Å². The Hall–Kier alpha value is -1.59. The SMILES string of the molecule is CN(C)C(=O)C(CC(=O)NCc1ccccc1Cl)N(C)C. The predicted octanol–water partition coefficient (Wildman–Crippen LogP) is 1.36. The second kappa shape index (κ2) is 8.00. The molecule has 0 aliphatic rings. The van der Waals surface area contributed by atoms with E-state index < -0.39 is 6.04 Å². The van der Waals surface area contributed by atoms with E-state index in [1.807, 2.05) is 18.2 Å². The molecule has 0 heterocycles. The average molecular weight is 312 g/mol. The zero-order valence-corrected chi connectivity index (χ0v) is 13.6. The molecule has 0 spiro atoms. The van der Waals surface area contributed by atoms with Crippen LogP contribution in [0.1, 0.15) is 12.0 Å². The van der Waals surface area contributed by atoms with Crippen LogP contribution >= 0.6 is 11.6 Å². The molecule has 5 nitrogen and oxygen atoms in total. The molecule has 1 atom stereocenters. The zero-order chi connectivity index (χ0) is 16.0. The fraction of sp³-hybridized carbons (Fsp3) is 0.467.